The minimum Gasteiger partial charge on any atom is -0.378 e. The third-order valence-corrected chi connectivity index (χ3v) is 5.74. The molecule has 2 saturated carbocycles. The summed E-state index contributed by atoms with van der Waals surface area (Å²) in [6, 6.07) is 8.94. The molecule has 24 heavy (non-hydrogen) atoms. The van der Waals surface area contributed by atoms with Crippen molar-refractivity contribution < 1.29 is 9.53 Å². The van der Waals surface area contributed by atoms with Crippen LogP contribution in [0.5, 0.6) is 0 Å². The van der Waals surface area contributed by atoms with Gasteiger partial charge in [-0.15, -0.1) is 0 Å². The second-order valence-corrected chi connectivity index (χ2v) is 6.89. The largest absolute Gasteiger partial charge is 0.378 e. The van der Waals surface area contributed by atoms with Gasteiger partial charge in [0.1, 0.15) is 0 Å². The van der Waals surface area contributed by atoms with E-state index in [0.29, 0.717) is 17.7 Å². The number of H-pyrrole nitrogens is 1. The molecule has 4 rings (SSSR count). The summed E-state index contributed by atoms with van der Waals surface area (Å²) >= 11 is 0. The van der Waals surface area contributed by atoms with Crippen molar-refractivity contribution in [2.75, 3.05) is 6.61 Å². The monoisotopic (exact) mass is 326 g/mol. The molecule has 5 nitrogen and oxygen atoms in total. The molecule has 2 aliphatic carbocycles. The van der Waals surface area contributed by atoms with E-state index in [1.807, 2.05) is 31.2 Å². The van der Waals surface area contributed by atoms with Gasteiger partial charge < -0.3 is 15.0 Å². The molecule has 1 aromatic heterocycles. The van der Waals surface area contributed by atoms with Crippen molar-refractivity contribution in [2.45, 2.75) is 44.8 Å². The number of pyridine rings is 1. The molecule has 0 radical (unpaired) electrons. The highest BCUT2D eigenvalue weighted by molar-refractivity contribution is 6.06. The van der Waals surface area contributed by atoms with Crippen LogP contribution in [0.1, 0.15) is 43.0 Å². The molecule has 2 N–H and O–H groups in total. The minimum absolute atomic E-state index is 0.114. The van der Waals surface area contributed by atoms with Crippen LogP contribution in [0.4, 0.5) is 0 Å². The van der Waals surface area contributed by atoms with Crippen molar-refractivity contribution in [3.63, 3.8) is 0 Å². The fourth-order valence-electron chi connectivity index (χ4n) is 4.27. The maximum absolute atomic E-state index is 12.8. The summed E-state index contributed by atoms with van der Waals surface area (Å²) in [5, 5.41) is 3.94. The van der Waals surface area contributed by atoms with Crippen molar-refractivity contribution in [3.8, 4) is 0 Å². The predicted molar refractivity (Wildman–Crippen MR) is 92.1 cm³/mol. The van der Waals surface area contributed by atoms with Crippen LogP contribution in [0.25, 0.3) is 10.9 Å². The fraction of sp³-hybridized carbons (Fsp3) is 0.474. The van der Waals surface area contributed by atoms with Gasteiger partial charge in [0, 0.05) is 35.0 Å². The predicted octanol–water partition coefficient (Wildman–Crippen LogP) is 2.61. The molecule has 0 bridgehead atoms. The zero-order valence-corrected chi connectivity index (χ0v) is 13.8. The molecular formula is C19H22N2O3. The van der Waals surface area contributed by atoms with E-state index in [0.717, 1.165) is 24.6 Å². The van der Waals surface area contributed by atoms with E-state index in [9.17, 15) is 9.59 Å². The summed E-state index contributed by atoms with van der Waals surface area (Å²) in [6.07, 6.45) is 4.54. The Hall–Kier alpha value is -2.14. The van der Waals surface area contributed by atoms with E-state index in [1.165, 1.54) is 12.5 Å². The number of hydrogen-bond acceptors (Lipinski definition) is 3. The van der Waals surface area contributed by atoms with Crippen LogP contribution in [0.2, 0.25) is 0 Å². The zero-order chi connectivity index (χ0) is 16.7. The number of carbonyl (C=O) groups is 1. The summed E-state index contributed by atoms with van der Waals surface area (Å²) < 4.78 is 5.84. The first-order valence-electron chi connectivity index (χ1n) is 8.68. The SMILES string of the molecule is CCO[C@@H]1C[C@H](NC(=O)c2cc(=O)[nH]c3ccccc23)C12CCC2. The number of carbonyl (C=O) groups excluding carboxylic acids is 1. The second-order valence-electron chi connectivity index (χ2n) is 6.89. The molecule has 1 heterocycles. The number of para-hydroxylation sites is 1. The highest BCUT2D eigenvalue weighted by Gasteiger charge is 2.59. The third-order valence-electron chi connectivity index (χ3n) is 5.74. The number of rotatable bonds is 4. The lowest BCUT2D eigenvalue weighted by Crippen LogP contribution is -2.67. The van der Waals surface area contributed by atoms with Crippen molar-refractivity contribution in [1.29, 1.82) is 0 Å². The molecule has 2 aromatic rings. The number of ether oxygens (including phenoxy) is 1. The van der Waals surface area contributed by atoms with Gasteiger partial charge in [-0.05, 0) is 32.3 Å². The van der Waals surface area contributed by atoms with Crippen LogP contribution in [0, 0.1) is 5.41 Å². The maximum atomic E-state index is 12.8. The quantitative estimate of drug-likeness (QED) is 0.907. The smallest absolute Gasteiger partial charge is 0.252 e. The van der Waals surface area contributed by atoms with Crippen LogP contribution in [0.3, 0.4) is 0 Å². The molecule has 1 spiro atoms. The lowest BCUT2D eigenvalue weighted by Gasteiger charge is -2.61. The Bertz CT molecular complexity index is 838. The number of nitrogens with one attached hydrogen (secondary N) is 2. The number of hydrogen-bond donors (Lipinski definition) is 2. The Balaban J connectivity index is 1.59. The molecule has 0 saturated heterocycles. The minimum atomic E-state index is -0.252. The molecule has 2 fully saturated rings. The Kier molecular flexibility index (Phi) is 3.68. The van der Waals surface area contributed by atoms with Gasteiger partial charge in [-0.3, -0.25) is 9.59 Å². The van der Waals surface area contributed by atoms with Crippen molar-refractivity contribution in [3.05, 3.63) is 46.2 Å². The van der Waals surface area contributed by atoms with E-state index < -0.39 is 0 Å². The van der Waals surface area contributed by atoms with Crippen LogP contribution in [0.15, 0.2) is 35.1 Å². The third kappa shape index (κ3) is 2.26. The first kappa shape index (κ1) is 15.4. The van der Waals surface area contributed by atoms with E-state index in [1.54, 1.807) is 0 Å². The number of aromatic amines is 1. The highest BCUT2D eigenvalue weighted by atomic mass is 16.5. The summed E-state index contributed by atoms with van der Waals surface area (Å²) in [6.45, 7) is 2.73. The van der Waals surface area contributed by atoms with Gasteiger partial charge in [0.2, 0.25) is 5.56 Å². The molecule has 0 aliphatic heterocycles. The van der Waals surface area contributed by atoms with E-state index in [-0.39, 0.29) is 29.0 Å². The number of aromatic nitrogens is 1. The first-order chi connectivity index (χ1) is 11.6. The van der Waals surface area contributed by atoms with Gasteiger partial charge in [-0.2, -0.15) is 0 Å². The Morgan fingerprint density at radius 1 is 1.38 bits per heavy atom. The van der Waals surface area contributed by atoms with Crippen LogP contribution in [-0.2, 0) is 4.74 Å². The number of amides is 1. The average molecular weight is 326 g/mol. The average Bonchev–Trinajstić information content (AvgIpc) is 2.51. The standard InChI is InChI=1S/C19H22N2O3/c1-2-24-16-11-15(19(16)8-5-9-19)21-18(23)13-10-17(22)20-14-7-4-3-6-12(13)14/h3-4,6-7,10,15-16H,2,5,8-9,11H2,1H3,(H,20,22)(H,21,23)/t15-,16+/m0/s1. The van der Waals surface area contributed by atoms with Gasteiger partial charge in [0.15, 0.2) is 0 Å². The van der Waals surface area contributed by atoms with E-state index in [4.69, 9.17) is 4.74 Å². The van der Waals surface area contributed by atoms with Gasteiger partial charge in [0.25, 0.3) is 5.91 Å². The molecular weight excluding hydrogens is 304 g/mol. The Morgan fingerprint density at radius 2 is 2.17 bits per heavy atom. The Labute approximate surface area is 140 Å². The molecule has 2 aliphatic rings. The molecule has 0 unspecified atom stereocenters. The van der Waals surface area contributed by atoms with Crippen LogP contribution >= 0.6 is 0 Å². The van der Waals surface area contributed by atoms with E-state index in [2.05, 4.69) is 10.3 Å². The van der Waals surface area contributed by atoms with Crippen molar-refractivity contribution >= 4 is 16.8 Å². The lowest BCUT2D eigenvalue weighted by molar-refractivity contribution is -0.169. The lowest BCUT2D eigenvalue weighted by atomic mass is 9.51. The molecule has 126 valence electrons. The summed E-state index contributed by atoms with van der Waals surface area (Å²) in [5.74, 6) is -0.163. The maximum Gasteiger partial charge on any atom is 0.252 e. The highest BCUT2D eigenvalue weighted by Crippen LogP contribution is 2.57. The van der Waals surface area contributed by atoms with Gasteiger partial charge in [-0.25, -0.2) is 0 Å². The number of benzene rings is 1. The van der Waals surface area contributed by atoms with Crippen LogP contribution < -0.4 is 10.9 Å². The topological polar surface area (TPSA) is 71.2 Å². The van der Waals surface area contributed by atoms with Crippen LogP contribution in [-0.4, -0.2) is 29.6 Å². The fourth-order valence-corrected chi connectivity index (χ4v) is 4.27. The normalized spacial score (nSPS) is 24.4. The molecule has 1 amide bonds. The summed E-state index contributed by atoms with van der Waals surface area (Å²) in [7, 11) is 0. The summed E-state index contributed by atoms with van der Waals surface area (Å²) in [4.78, 5) is 27.4. The molecule has 1 aromatic carbocycles. The first-order valence-corrected chi connectivity index (χ1v) is 8.68. The van der Waals surface area contributed by atoms with Crippen molar-refractivity contribution in [1.82, 2.24) is 10.3 Å². The number of fused-ring (bicyclic) bond motifs is 1. The Morgan fingerprint density at radius 3 is 2.88 bits per heavy atom. The second kappa shape index (κ2) is 5.74. The zero-order valence-electron chi connectivity index (χ0n) is 13.8. The van der Waals surface area contributed by atoms with Crippen molar-refractivity contribution in [2.24, 2.45) is 5.41 Å². The molecule has 2 atom stereocenters. The van der Waals surface area contributed by atoms with Gasteiger partial charge >= 0.3 is 0 Å². The summed E-state index contributed by atoms with van der Waals surface area (Å²) in [5.41, 5.74) is 0.999. The van der Waals surface area contributed by atoms with Gasteiger partial charge in [0.05, 0.1) is 11.7 Å². The van der Waals surface area contributed by atoms with Gasteiger partial charge in [-0.1, -0.05) is 24.6 Å². The van der Waals surface area contributed by atoms with E-state index >= 15 is 0 Å². The molecule has 5 heteroatoms.